The highest BCUT2D eigenvalue weighted by Crippen LogP contribution is 2.35. The van der Waals surface area contributed by atoms with E-state index in [1.165, 1.54) is 31.3 Å². The molecule has 0 aromatic heterocycles. The van der Waals surface area contributed by atoms with Crippen LogP contribution in [0.4, 0.5) is 0 Å². The molecule has 0 spiro atoms. The molecule has 0 aromatic carbocycles. The lowest BCUT2D eigenvalue weighted by Gasteiger charge is -2.31. The maximum Gasteiger partial charge on any atom is 0.0294 e. The smallest absolute Gasteiger partial charge is 0.0294 e. The number of hydrogen-bond acceptors (Lipinski definition) is 1. The Balaban J connectivity index is 2.34. The Hall–Kier alpha value is -0.560. The molecule has 2 atom stereocenters. The molecular formula is C11H17N. The van der Waals surface area contributed by atoms with Crippen LogP contribution in [-0.4, -0.2) is 6.04 Å². The third kappa shape index (κ3) is 1.22. The van der Waals surface area contributed by atoms with Gasteiger partial charge in [-0.15, -0.1) is 0 Å². The molecule has 1 heteroatoms. The lowest BCUT2D eigenvalue weighted by molar-refractivity contribution is 0.483. The summed E-state index contributed by atoms with van der Waals surface area (Å²) in [5, 5.41) is 0. The lowest BCUT2D eigenvalue weighted by atomic mass is 9.77. The van der Waals surface area contributed by atoms with E-state index < -0.39 is 0 Å². The third-order valence-electron chi connectivity index (χ3n) is 3.15. The van der Waals surface area contributed by atoms with E-state index >= 15 is 0 Å². The van der Waals surface area contributed by atoms with Crippen molar-refractivity contribution in [3.8, 4) is 0 Å². The standard InChI is InChI=1S/C11H17N/c1-8-6-7-11(12)10-5-3-2-4-9(8)10/h3,5,8,11H,2,4,6-7,12H2,1H3/t8-,11+/m1/s1. The molecule has 2 aliphatic carbocycles. The Labute approximate surface area is 74.3 Å². The summed E-state index contributed by atoms with van der Waals surface area (Å²) < 4.78 is 0. The van der Waals surface area contributed by atoms with Crippen molar-refractivity contribution in [2.75, 3.05) is 0 Å². The van der Waals surface area contributed by atoms with Crippen molar-refractivity contribution < 1.29 is 0 Å². The van der Waals surface area contributed by atoms with Crippen molar-refractivity contribution in [1.29, 1.82) is 0 Å². The highest BCUT2D eigenvalue weighted by Gasteiger charge is 2.24. The SMILES string of the molecule is C[C@@H]1CC[C@H](N)C2=C1CCC=C2. The minimum absolute atomic E-state index is 0.327. The lowest BCUT2D eigenvalue weighted by Crippen LogP contribution is -2.29. The van der Waals surface area contributed by atoms with Gasteiger partial charge in [0.15, 0.2) is 0 Å². The van der Waals surface area contributed by atoms with E-state index in [0.717, 1.165) is 5.92 Å². The van der Waals surface area contributed by atoms with Gasteiger partial charge in [0.05, 0.1) is 0 Å². The molecule has 12 heavy (non-hydrogen) atoms. The van der Waals surface area contributed by atoms with Crippen LogP contribution in [0.2, 0.25) is 0 Å². The molecule has 0 aliphatic heterocycles. The second-order valence-electron chi connectivity index (χ2n) is 4.01. The summed E-state index contributed by atoms with van der Waals surface area (Å²) in [5.41, 5.74) is 9.12. The number of allylic oxidation sites excluding steroid dienone is 2. The third-order valence-corrected chi connectivity index (χ3v) is 3.15. The van der Waals surface area contributed by atoms with Gasteiger partial charge in [-0.05, 0) is 37.2 Å². The average molecular weight is 163 g/mol. The summed E-state index contributed by atoms with van der Waals surface area (Å²) in [6.45, 7) is 2.33. The van der Waals surface area contributed by atoms with Crippen LogP contribution < -0.4 is 5.73 Å². The summed E-state index contributed by atoms with van der Waals surface area (Å²) in [6.07, 6.45) is 9.44. The van der Waals surface area contributed by atoms with Crippen LogP contribution in [0.3, 0.4) is 0 Å². The number of nitrogens with two attached hydrogens (primary N) is 1. The number of rotatable bonds is 0. The molecule has 0 amide bonds. The second-order valence-corrected chi connectivity index (χ2v) is 4.01. The van der Waals surface area contributed by atoms with E-state index in [1.807, 2.05) is 0 Å². The highest BCUT2D eigenvalue weighted by molar-refractivity contribution is 5.36. The molecule has 0 fully saturated rings. The van der Waals surface area contributed by atoms with Gasteiger partial charge in [0.25, 0.3) is 0 Å². The van der Waals surface area contributed by atoms with Gasteiger partial charge < -0.3 is 5.73 Å². The van der Waals surface area contributed by atoms with Crippen LogP contribution in [0.25, 0.3) is 0 Å². The summed E-state index contributed by atoms with van der Waals surface area (Å²) in [7, 11) is 0. The fourth-order valence-corrected chi connectivity index (χ4v) is 2.35. The van der Waals surface area contributed by atoms with Gasteiger partial charge in [-0.3, -0.25) is 0 Å². The van der Waals surface area contributed by atoms with E-state index in [2.05, 4.69) is 19.1 Å². The quantitative estimate of drug-likeness (QED) is 0.583. The minimum Gasteiger partial charge on any atom is -0.324 e. The first-order valence-electron chi connectivity index (χ1n) is 4.94. The minimum atomic E-state index is 0.327. The monoisotopic (exact) mass is 163 g/mol. The van der Waals surface area contributed by atoms with Crippen LogP contribution >= 0.6 is 0 Å². The van der Waals surface area contributed by atoms with Crippen molar-refractivity contribution in [1.82, 2.24) is 0 Å². The molecule has 0 saturated carbocycles. The van der Waals surface area contributed by atoms with Gasteiger partial charge in [0.1, 0.15) is 0 Å². The summed E-state index contributed by atoms with van der Waals surface area (Å²) in [4.78, 5) is 0. The first kappa shape index (κ1) is 8.06. The van der Waals surface area contributed by atoms with Crippen LogP contribution in [0, 0.1) is 5.92 Å². The van der Waals surface area contributed by atoms with E-state index in [-0.39, 0.29) is 0 Å². The van der Waals surface area contributed by atoms with Crippen LogP contribution in [0.5, 0.6) is 0 Å². The largest absolute Gasteiger partial charge is 0.324 e. The molecule has 0 unspecified atom stereocenters. The van der Waals surface area contributed by atoms with Crippen LogP contribution in [-0.2, 0) is 0 Å². The summed E-state index contributed by atoms with van der Waals surface area (Å²) in [6, 6.07) is 0.327. The molecule has 0 aromatic rings. The second kappa shape index (κ2) is 3.06. The Morgan fingerprint density at radius 3 is 3.00 bits per heavy atom. The van der Waals surface area contributed by atoms with Gasteiger partial charge in [-0.1, -0.05) is 24.6 Å². The van der Waals surface area contributed by atoms with Gasteiger partial charge in [0.2, 0.25) is 0 Å². The zero-order chi connectivity index (χ0) is 8.55. The van der Waals surface area contributed by atoms with Crippen LogP contribution in [0.1, 0.15) is 32.6 Å². The Kier molecular flexibility index (Phi) is 2.05. The molecule has 0 saturated heterocycles. The van der Waals surface area contributed by atoms with E-state index in [4.69, 9.17) is 5.73 Å². The fraction of sp³-hybridized carbons (Fsp3) is 0.636. The normalized spacial score (nSPS) is 35.2. The van der Waals surface area contributed by atoms with Crippen molar-refractivity contribution in [3.05, 3.63) is 23.3 Å². The Morgan fingerprint density at radius 1 is 1.42 bits per heavy atom. The van der Waals surface area contributed by atoms with Gasteiger partial charge in [0, 0.05) is 6.04 Å². The average Bonchev–Trinajstić information content (AvgIpc) is 2.12. The Bertz CT molecular complexity index is 237. The predicted octanol–water partition coefficient (Wildman–Crippen LogP) is 2.39. The van der Waals surface area contributed by atoms with E-state index in [1.54, 1.807) is 5.57 Å². The fourth-order valence-electron chi connectivity index (χ4n) is 2.35. The van der Waals surface area contributed by atoms with Crippen molar-refractivity contribution >= 4 is 0 Å². The van der Waals surface area contributed by atoms with Crippen molar-refractivity contribution in [2.24, 2.45) is 11.7 Å². The maximum absolute atomic E-state index is 6.04. The topological polar surface area (TPSA) is 26.0 Å². The van der Waals surface area contributed by atoms with Gasteiger partial charge in [-0.25, -0.2) is 0 Å². The molecule has 66 valence electrons. The van der Waals surface area contributed by atoms with Gasteiger partial charge >= 0.3 is 0 Å². The maximum atomic E-state index is 6.04. The van der Waals surface area contributed by atoms with Crippen molar-refractivity contribution in [2.45, 2.75) is 38.6 Å². The van der Waals surface area contributed by atoms with Gasteiger partial charge in [-0.2, -0.15) is 0 Å². The number of hydrogen-bond donors (Lipinski definition) is 1. The highest BCUT2D eigenvalue weighted by atomic mass is 14.6. The van der Waals surface area contributed by atoms with E-state index in [9.17, 15) is 0 Å². The summed E-state index contributed by atoms with van der Waals surface area (Å²) >= 11 is 0. The Morgan fingerprint density at radius 2 is 2.25 bits per heavy atom. The first-order valence-corrected chi connectivity index (χ1v) is 4.94. The molecule has 2 N–H and O–H groups in total. The van der Waals surface area contributed by atoms with Crippen LogP contribution in [0.15, 0.2) is 23.3 Å². The molecule has 0 bridgehead atoms. The predicted molar refractivity (Wildman–Crippen MR) is 51.8 cm³/mol. The van der Waals surface area contributed by atoms with Crippen molar-refractivity contribution in [3.63, 3.8) is 0 Å². The first-order chi connectivity index (χ1) is 5.79. The molecule has 1 nitrogen and oxygen atoms in total. The molecule has 2 aliphatic rings. The molecule has 0 radical (unpaired) electrons. The molecule has 0 heterocycles. The molecular weight excluding hydrogens is 146 g/mol. The summed E-state index contributed by atoms with van der Waals surface area (Å²) in [5.74, 6) is 0.782. The zero-order valence-electron chi connectivity index (χ0n) is 7.72. The van der Waals surface area contributed by atoms with E-state index in [0.29, 0.717) is 6.04 Å². The molecule has 2 rings (SSSR count). The zero-order valence-corrected chi connectivity index (χ0v) is 7.72.